The molecule has 1 atom stereocenters. The van der Waals surface area contributed by atoms with E-state index in [1.54, 1.807) is 0 Å². The van der Waals surface area contributed by atoms with Gasteiger partial charge in [-0.15, -0.1) is 0 Å². The Balaban J connectivity index is 3.98. The highest BCUT2D eigenvalue weighted by molar-refractivity contribution is 5.79. The van der Waals surface area contributed by atoms with Gasteiger partial charge in [0.25, 0.3) is 0 Å². The smallest absolute Gasteiger partial charge is 0.333 e. The second kappa shape index (κ2) is 5.67. The van der Waals surface area contributed by atoms with Gasteiger partial charge in [-0.1, -0.05) is 0 Å². The van der Waals surface area contributed by atoms with E-state index in [2.05, 4.69) is 0 Å². The van der Waals surface area contributed by atoms with Crippen LogP contribution in [0.2, 0.25) is 0 Å². The number of carbonyl (C=O) groups is 2. The van der Waals surface area contributed by atoms with Crippen LogP contribution in [0.3, 0.4) is 0 Å². The number of aliphatic carboxylic acids is 2. The summed E-state index contributed by atoms with van der Waals surface area (Å²) in [4.78, 5) is 20.9. The van der Waals surface area contributed by atoms with Crippen molar-refractivity contribution in [2.45, 2.75) is 12.5 Å². The zero-order valence-electron chi connectivity index (χ0n) is 9.27. The summed E-state index contributed by atoms with van der Waals surface area (Å²) >= 11 is 0. The minimum Gasteiger partial charge on any atom is -0.481 e. The van der Waals surface area contributed by atoms with Gasteiger partial charge in [0.2, 0.25) is 0 Å². The van der Waals surface area contributed by atoms with Crippen molar-refractivity contribution in [2.75, 3.05) is 34.3 Å². The van der Waals surface area contributed by atoms with Crippen LogP contribution in [-0.2, 0) is 14.3 Å². The molecule has 0 saturated heterocycles. The number of rotatable bonds is 7. The lowest BCUT2D eigenvalue weighted by molar-refractivity contribution is -0.870. The van der Waals surface area contributed by atoms with E-state index in [0.29, 0.717) is 11.0 Å². The summed E-state index contributed by atoms with van der Waals surface area (Å²) in [5.74, 6) is -2.41. The Hall–Kier alpha value is -1.14. The van der Waals surface area contributed by atoms with Gasteiger partial charge in [0.15, 0.2) is 6.10 Å². The molecule has 0 radical (unpaired) electrons. The van der Waals surface area contributed by atoms with Gasteiger partial charge in [0.1, 0.15) is 6.54 Å². The fourth-order valence-electron chi connectivity index (χ4n) is 0.845. The van der Waals surface area contributed by atoms with Gasteiger partial charge in [-0.05, 0) is 0 Å². The molecule has 2 N–H and O–H groups in total. The minimum atomic E-state index is -1.26. The van der Waals surface area contributed by atoms with Crippen LogP contribution in [0.15, 0.2) is 0 Å². The van der Waals surface area contributed by atoms with Crippen LogP contribution in [0.25, 0.3) is 0 Å². The summed E-state index contributed by atoms with van der Waals surface area (Å²) in [6.45, 7) is 0.858. The molecular weight excluding hydrogens is 202 g/mol. The predicted molar refractivity (Wildman–Crippen MR) is 52.5 cm³/mol. The molecular formula is C9H18NO5+. The van der Waals surface area contributed by atoms with Crippen molar-refractivity contribution in [1.29, 1.82) is 0 Å². The van der Waals surface area contributed by atoms with Crippen molar-refractivity contribution in [3.63, 3.8) is 0 Å². The van der Waals surface area contributed by atoms with Gasteiger partial charge in [0, 0.05) is 0 Å². The summed E-state index contributed by atoms with van der Waals surface area (Å²) in [7, 11) is 5.82. The van der Waals surface area contributed by atoms with E-state index in [4.69, 9.17) is 14.9 Å². The number of carboxylic acid groups (broad SMARTS) is 2. The summed E-state index contributed by atoms with van der Waals surface area (Å²) in [5.41, 5.74) is 0. The zero-order chi connectivity index (χ0) is 12.1. The summed E-state index contributed by atoms with van der Waals surface area (Å²) in [6.07, 6.45) is -1.76. The Morgan fingerprint density at radius 1 is 1.27 bits per heavy atom. The van der Waals surface area contributed by atoms with Crippen molar-refractivity contribution in [3.05, 3.63) is 0 Å². The van der Waals surface area contributed by atoms with E-state index in [-0.39, 0.29) is 6.61 Å². The van der Waals surface area contributed by atoms with Crippen LogP contribution in [0.5, 0.6) is 0 Å². The molecule has 0 heterocycles. The molecule has 0 aromatic rings. The summed E-state index contributed by atoms with van der Waals surface area (Å²) in [6, 6.07) is 0. The number of likely N-dealkylation sites (N-methyl/N-ethyl adjacent to an activating group) is 1. The number of hydrogen-bond acceptors (Lipinski definition) is 3. The third-order valence-electron chi connectivity index (χ3n) is 1.72. The van der Waals surface area contributed by atoms with Crippen molar-refractivity contribution >= 4 is 11.9 Å². The first-order chi connectivity index (χ1) is 6.72. The average Bonchev–Trinajstić information content (AvgIpc) is 1.99. The summed E-state index contributed by atoms with van der Waals surface area (Å²) in [5, 5.41) is 17.1. The molecule has 0 aliphatic rings. The average molecular weight is 220 g/mol. The monoisotopic (exact) mass is 220 g/mol. The molecule has 0 aliphatic carbocycles. The van der Waals surface area contributed by atoms with Gasteiger partial charge in [-0.3, -0.25) is 4.79 Å². The van der Waals surface area contributed by atoms with E-state index < -0.39 is 24.5 Å². The third-order valence-corrected chi connectivity index (χ3v) is 1.72. The second-order valence-electron chi connectivity index (χ2n) is 4.31. The molecule has 0 spiro atoms. The molecule has 0 aromatic carbocycles. The number of quaternary nitrogens is 1. The van der Waals surface area contributed by atoms with Crippen LogP contribution in [0, 0.1) is 0 Å². The van der Waals surface area contributed by atoms with Gasteiger partial charge in [-0.25, -0.2) is 4.79 Å². The van der Waals surface area contributed by atoms with Crippen molar-refractivity contribution in [3.8, 4) is 0 Å². The number of hydrogen-bond donors (Lipinski definition) is 2. The fourth-order valence-corrected chi connectivity index (χ4v) is 0.845. The minimum absolute atomic E-state index is 0.230. The first kappa shape index (κ1) is 13.9. The van der Waals surface area contributed by atoms with Crippen molar-refractivity contribution in [1.82, 2.24) is 0 Å². The molecule has 0 aliphatic heterocycles. The lowest BCUT2D eigenvalue weighted by Crippen LogP contribution is -2.39. The van der Waals surface area contributed by atoms with Crippen molar-refractivity contribution < 1.29 is 29.0 Å². The lowest BCUT2D eigenvalue weighted by Gasteiger charge is -2.24. The normalized spacial score (nSPS) is 13.5. The van der Waals surface area contributed by atoms with Gasteiger partial charge < -0.3 is 19.4 Å². The molecule has 0 fully saturated rings. The highest BCUT2D eigenvalue weighted by Gasteiger charge is 2.22. The maximum atomic E-state index is 10.6. The van der Waals surface area contributed by atoms with Crippen LogP contribution >= 0.6 is 0 Å². The molecule has 1 unspecified atom stereocenters. The Bertz CT molecular complexity index is 233. The third kappa shape index (κ3) is 7.90. The predicted octanol–water partition coefficient (Wildman–Crippen LogP) is -0.363. The maximum absolute atomic E-state index is 10.6. The fraction of sp³-hybridized carbons (Fsp3) is 0.778. The Morgan fingerprint density at radius 2 is 1.80 bits per heavy atom. The van der Waals surface area contributed by atoms with Crippen LogP contribution < -0.4 is 0 Å². The highest BCUT2D eigenvalue weighted by atomic mass is 16.5. The molecule has 0 aromatic heterocycles. The largest absolute Gasteiger partial charge is 0.481 e. The number of nitrogens with zero attached hydrogens (tertiary/aromatic N) is 1. The Labute approximate surface area is 88.7 Å². The molecule has 0 saturated carbocycles. The number of ether oxygens (including phenoxy) is 1. The molecule has 0 amide bonds. The molecule has 88 valence electrons. The van der Waals surface area contributed by atoms with Crippen LogP contribution in [0.4, 0.5) is 0 Å². The second-order valence-corrected chi connectivity index (χ2v) is 4.31. The summed E-state index contributed by atoms with van der Waals surface area (Å²) < 4.78 is 5.63. The van der Waals surface area contributed by atoms with Crippen LogP contribution in [0.1, 0.15) is 6.42 Å². The molecule has 15 heavy (non-hydrogen) atoms. The Morgan fingerprint density at radius 3 is 2.13 bits per heavy atom. The molecule has 6 nitrogen and oxygen atoms in total. The standard InChI is InChI=1S/C9H17NO5/c1-10(2,3)4-5-15-7(9(13)14)6-8(11)12/h7H,4-6H2,1-3H3,(H-,11,12,13,14)/p+1. The Kier molecular flexibility index (Phi) is 5.24. The molecule has 6 heteroatoms. The highest BCUT2D eigenvalue weighted by Crippen LogP contribution is 2.00. The molecule has 0 bridgehead atoms. The first-order valence-corrected chi connectivity index (χ1v) is 4.59. The quantitative estimate of drug-likeness (QED) is 0.572. The maximum Gasteiger partial charge on any atom is 0.333 e. The van der Waals surface area contributed by atoms with Gasteiger partial charge in [0.05, 0.1) is 34.2 Å². The van der Waals surface area contributed by atoms with E-state index >= 15 is 0 Å². The zero-order valence-corrected chi connectivity index (χ0v) is 9.27. The first-order valence-electron chi connectivity index (χ1n) is 4.59. The van der Waals surface area contributed by atoms with Gasteiger partial charge in [-0.2, -0.15) is 0 Å². The number of carboxylic acids is 2. The van der Waals surface area contributed by atoms with E-state index in [9.17, 15) is 9.59 Å². The van der Waals surface area contributed by atoms with Crippen LogP contribution in [-0.4, -0.2) is 67.0 Å². The van der Waals surface area contributed by atoms with Crippen molar-refractivity contribution in [2.24, 2.45) is 0 Å². The SMILES string of the molecule is C[N+](C)(C)CCOC(CC(=O)O)C(=O)O. The van der Waals surface area contributed by atoms with E-state index in [1.165, 1.54) is 0 Å². The van der Waals surface area contributed by atoms with Gasteiger partial charge >= 0.3 is 11.9 Å². The lowest BCUT2D eigenvalue weighted by atomic mass is 10.2. The van der Waals surface area contributed by atoms with E-state index in [0.717, 1.165) is 0 Å². The topological polar surface area (TPSA) is 83.8 Å². The van der Waals surface area contributed by atoms with E-state index in [1.807, 2.05) is 21.1 Å². The molecule has 0 rings (SSSR count).